The highest BCUT2D eigenvalue weighted by molar-refractivity contribution is 7.89. The molecule has 0 aliphatic carbocycles. The molecule has 172 valence electrons. The lowest BCUT2D eigenvalue weighted by Crippen LogP contribution is -2.31. The summed E-state index contributed by atoms with van der Waals surface area (Å²) in [5, 5.41) is 19.1. The van der Waals surface area contributed by atoms with E-state index in [9.17, 15) is 18.9 Å². The lowest BCUT2D eigenvalue weighted by molar-refractivity contribution is 0.215. The zero-order valence-electron chi connectivity index (χ0n) is 18.3. The second-order valence-electron chi connectivity index (χ2n) is 7.95. The van der Waals surface area contributed by atoms with Crippen LogP contribution in [0.25, 0.3) is 11.1 Å². The molecule has 1 aliphatic heterocycles. The Morgan fingerprint density at radius 1 is 1.09 bits per heavy atom. The number of H-pyrrole nitrogens is 1. The van der Waals surface area contributed by atoms with Gasteiger partial charge < -0.3 is 15.5 Å². The molecule has 0 spiro atoms. The summed E-state index contributed by atoms with van der Waals surface area (Å²) in [5.41, 5.74) is 8.17. The smallest absolute Gasteiger partial charge is 0.243 e. The van der Waals surface area contributed by atoms with Crippen molar-refractivity contribution in [1.82, 2.24) is 9.29 Å². The molecule has 0 unspecified atom stereocenters. The number of nitrogens with two attached hydrogens (primary N) is 1. The van der Waals surface area contributed by atoms with Crippen LogP contribution in [-0.4, -0.2) is 36.9 Å². The minimum absolute atomic E-state index is 0.0997. The number of nitrogen functional groups attached to an aromatic ring is 1. The number of sulfonamides is 1. The Morgan fingerprint density at radius 2 is 1.74 bits per heavy atom. The minimum Gasteiger partial charge on any atom is -0.489 e. The van der Waals surface area contributed by atoms with Crippen LogP contribution < -0.4 is 10.5 Å². The monoisotopic (exact) mass is 491 g/mol. The van der Waals surface area contributed by atoms with Crippen molar-refractivity contribution in [2.24, 2.45) is 0 Å². The van der Waals surface area contributed by atoms with Gasteiger partial charge in [-0.05, 0) is 43.2 Å². The molecule has 10 heteroatoms. The van der Waals surface area contributed by atoms with Gasteiger partial charge in [0, 0.05) is 12.1 Å². The van der Waals surface area contributed by atoms with Crippen LogP contribution in [-0.2, 0) is 10.0 Å². The summed E-state index contributed by atoms with van der Waals surface area (Å²) in [7, 11) is -3.58. The van der Waals surface area contributed by atoms with E-state index >= 15 is 0 Å². The van der Waals surface area contributed by atoms with Crippen LogP contribution in [0.15, 0.2) is 53.4 Å². The van der Waals surface area contributed by atoms with Crippen LogP contribution in [0, 0.1) is 34.2 Å². The van der Waals surface area contributed by atoms with Crippen molar-refractivity contribution in [3.8, 4) is 29.0 Å². The Labute approximate surface area is 202 Å². The number of hydrogen-bond acceptors (Lipinski definition) is 7. The number of anilines is 1. The molecule has 3 aromatic rings. The van der Waals surface area contributed by atoms with Gasteiger partial charge in [-0.15, -0.1) is 0 Å². The standard InChI is InChI=1S/C24H21N5O3S2/c1-15-2-8-19(9-3-15)34(30,31)29-11-10-18(14-29)32-17-6-4-16(5-7-17)22-20(12-25)23(27)28-24(33)21(22)13-26/h2-9,18H,10-11,14H2,1H3,(H3,27,28,33)/t18-/m1/s1. The molecule has 3 N–H and O–H groups in total. The molecule has 1 aliphatic rings. The van der Waals surface area contributed by atoms with Gasteiger partial charge in [0.25, 0.3) is 0 Å². The van der Waals surface area contributed by atoms with Gasteiger partial charge >= 0.3 is 0 Å². The molecule has 0 bridgehead atoms. The van der Waals surface area contributed by atoms with Crippen LogP contribution in [0.1, 0.15) is 23.1 Å². The molecule has 34 heavy (non-hydrogen) atoms. The third kappa shape index (κ3) is 4.39. The number of hydrogen-bond donors (Lipinski definition) is 2. The van der Waals surface area contributed by atoms with E-state index in [4.69, 9.17) is 22.7 Å². The predicted octanol–water partition coefficient (Wildman–Crippen LogP) is 3.89. The first-order valence-electron chi connectivity index (χ1n) is 10.4. The predicted molar refractivity (Wildman–Crippen MR) is 130 cm³/mol. The van der Waals surface area contributed by atoms with Gasteiger partial charge in [0.1, 0.15) is 40.0 Å². The van der Waals surface area contributed by atoms with Crippen LogP contribution in [0.2, 0.25) is 0 Å². The SMILES string of the molecule is Cc1ccc(S(=O)(=O)N2CC[C@@H](Oc3ccc(-c4c(C#N)c(N)[nH]c(=S)c4C#N)cc3)C2)cc1. The van der Waals surface area contributed by atoms with Crippen LogP contribution in [0.4, 0.5) is 5.82 Å². The highest BCUT2D eigenvalue weighted by Gasteiger charge is 2.33. The van der Waals surface area contributed by atoms with E-state index in [1.165, 1.54) is 4.31 Å². The number of aryl methyl sites for hydroxylation is 1. The maximum Gasteiger partial charge on any atom is 0.243 e. The highest BCUT2D eigenvalue weighted by atomic mass is 32.2. The molecule has 1 aromatic heterocycles. The maximum atomic E-state index is 12.9. The number of pyridine rings is 1. The van der Waals surface area contributed by atoms with Crippen molar-refractivity contribution in [3.63, 3.8) is 0 Å². The second kappa shape index (κ2) is 9.27. The summed E-state index contributed by atoms with van der Waals surface area (Å²) in [6.07, 6.45) is 0.269. The minimum atomic E-state index is -3.58. The largest absolute Gasteiger partial charge is 0.489 e. The van der Waals surface area contributed by atoms with Crippen LogP contribution >= 0.6 is 12.2 Å². The molecule has 0 saturated carbocycles. The summed E-state index contributed by atoms with van der Waals surface area (Å²) in [5.74, 6) is 0.650. The van der Waals surface area contributed by atoms with Gasteiger partial charge in [0.2, 0.25) is 10.0 Å². The van der Waals surface area contributed by atoms with E-state index in [2.05, 4.69) is 4.98 Å². The fourth-order valence-electron chi connectivity index (χ4n) is 3.90. The number of nitriles is 2. The molecule has 1 saturated heterocycles. The Morgan fingerprint density at radius 3 is 2.35 bits per heavy atom. The Balaban J connectivity index is 1.52. The molecule has 0 radical (unpaired) electrons. The molecule has 8 nitrogen and oxygen atoms in total. The van der Waals surface area contributed by atoms with Crippen LogP contribution in [0.3, 0.4) is 0 Å². The zero-order valence-corrected chi connectivity index (χ0v) is 19.9. The normalized spacial score (nSPS) is 16.0. The fourth-order valence-corrected chi connectivity index (χ4v) is 5.64. The summed E-state index contributed by atoms with van der Waals surface area (Å²) in [6.45, 7) is 2.53. The van der Waals surface area contributed by atoms with Gasteiger partial charge in [-0.3, -0.25) is 0 Å². The van der Waals surface area contributed by atoms with E-state index < -0.39 is 10.0 Å². The Kier molecular flexibility index (Phi) is 6.40. The molecule has 1 fully saturated rings. The average molecular weight is 492 g/mol. The molecular formula is C24H21N5O3S2. The summed E-state index contributed by atoms with van der Waals surface area (Å²) >= 11 is 5.19. The Hall–Kier alpha value is -3.70. The first-order valence-corrected chi connectivity index (χ1v) is 12.3. The van der Waals surface area contributed by atoms with E-state index in [-0.39, 0.29) is 39.1 Å². The van der Waals surface area contributed by atoms with E-state index in [0.717, 1.165) is 5.56 Å². The molecule has 2 aromatic carbocycles. The van der Waals surface area contributed by atoms with Gasteiger partial charge in [-0.2, -0.15) is 14.8 Å². The van der Waals surface area contributed by atoms with Crippen molar-refractivity contribution in [1.29, 1.82) is 10.5 Å². The molecule has 2 heterocycles. The zero-order chi connectivity index (χ0) is 24.5. The molecule has 1 atom stereocenters. The van der Waals surface area contributed by atoms with Crippen LogP contribution in [0.5, 0.6) is 5.75 Å². The van der Waals surface area contributed by atoms with Gasteiger partial charge in [0.05, 0.1) is 17.0 Å². The van der Waals surface area contributed by atoms with Gasteiger partial charge in [-0.25, -0.2) is 8.42 Å². The molecular weight excluding hydrogens is 470 g/mol. The summed E-state index contributed by atoms with van der Waals surface area (Å²) in [6, 6.07) is 17.7. The van der Waals surface area contributed by atoms with Crippen molar-refractivity contribution in [3.05, 3.63) is 69.9 Å². The van der Waals surface area contributed by atoms with E-state index in [1.54, 1.807) is 48.5 Å². The van der Waals surface area contributed by atoms with Gasteiger partial charge in [0.15, 0.2) is 0 Å². The van der Waals surface area contributed by atoms with Crippen molar-refractivity contribution in [2.75, 3.05) is 18.8 Å². The van der Waals surface area contributed by atoms with E-state index in [0.29, 0.717) is 29.8 Å². The first kappa shape index (κ1) is 23.5. The van der Waals surface area contributed by atoms with Crippen molar-refractivity contribution < 1.29 is 13.2 Å². The first-order chi connectivity index (χ1) is 16.2. The topological polar surface area (TPSA) is 136 Å². The second-order valence-corrected chi connectivity index (χ2v) is 10.3. The number of ether oxygens (including phenoxy) is 1. The maximum absolute atomic E-state index is 12.9. The number of aromatic nitrogens is 1. The quantitative estimate of drug-likeness (QED) is 0.517. The average Bonchev–Trinajstić information content (AvgIpc) is 3.29. The number of nitrogens with one attached hydrogen (secondary N) is 1. The lowest BCUT2D eigenvalue weighted by atomic mass is 9.97. The number of nitrogens with zero attached hydrogens (tertiary/aromatic N) is 3. The van der Waals surface area contributed by atoms with Crippen molar-refractivity contribution >= 4 is 28.1 Å². The summed E-state index contributed by atoms with van der Waals surface area (Å²) < 4.78 is 33.5. The lowest BCUT2D eigenvalue weighted by Gasteiger charge is -2.18. The fraction of sp³-hybridized carbons (Fsp3) is 0.208. The highest BCUT2D eigenvalue weighted by Crippen LogP contribution is 2.32. The third-order valence-corrected chi connectivity index (χ3v) is 7.87. The number of rotatable bonds is 5. The summed E-state index contributed by atoms with van der Waals surface area (Å²) in [4.78, 5) is 2.95. The van der Waals surface area contributed by atoms with Gasteiger partial charge in [-0.1, -0.05) is 42.0 Å². The Bertz CT molecular complexity index is 1480. The third-order valence-electron chi connectivity index (χ3n) is 5.68. The van der Waals surface area contributed by atoms with E-state index in [1.807, 2.05) is 19.1 Å². The van der Waals surface area contributed by atoms with Crippen molar-refractivity contribution in [2.45, 2.75) is 24.3 Å². The number of aromatic amines is 1. The number of benzene rings is 2. The molecule has 4 rings (SSSR count). The molecule has 0 amide bonds.